The lowest BCUT2D eigenvalue weighted by Gasteiger charge is -2.12. The molecule has 0 fully saturated rings. The fourth-order valence-corrected chi connectivity index (χ4v) is 2.00. The van der Waals surface area contributed by atoms with Crippen molar-refractivity contribution in [1.82, 2.24) is 0 Å². The van der Waals surface area contributed by atoms with Crippen molar-refractivity contribution in [3.05, 3.63) is 58.6 Å². The summed E-state index contributed by atoms with van der Waals surface area (Å²) in [6.07, 6.45) is -4.01. The Morgan fingerprint density at radius 1 is 1.00 bits per heavy atom. The predicted molar refractivity (Wildman–Crippen MR) is 73.8 cm³/mol. The molecular formula is C15H12ClF3O2. The third-order valence-electron chi connectivity index (χ3n) is 2.80. The van der Waals surface area contributed by atoms with Crippen molar-refractivity contribution in [3.8, 4) is 11.5 Å². The Kier molecular flexibility index (Phi) is 4.75. The Labute approximate surface area is 124 Å². The summed E-state index contributed by atoms with van der Waals surface area (Å²) in [5, 5.41) is 8.44. The van der Waals surface area contributed by atoms with Gasteiger partial charge in [-0.15, -0.1) is 0 Å². The maximum absolute atomic E-state index is 12.7. The molecule has 1 N–H and O–H groups in total. The van der Waals surface area contributed by atoms with E-state index < -0.39 is 11.7 Å². The van der Waals surface area contributed by atoms with Crippen molar-refractivity contribution in [3.63, 3.8) is 0 Å². The second kappa shape index (κ2) is 6.37. The van der Waals surface area contributed by atoms with Gasteiger partial charge in [-0.1, -0.05) is 23.7 Å². The summed E-state index contributed by atoms with van der Waals surface area (Å²) in [5.74, 6) is 0.466. The van der Waals surface area contributed by atoms with Crippen LogP contribution in [0.5, 0.6) is 11.5 Å². The first-order chi connectivity index (χ1) is 9.90. The molecule has 2 aromatic rings. The number of hydrogen-bond donors (Lipinski definition) is 1. The molecule has 0 aliphatic carbocycles. The quantitative estimate of drug-likeness (QED) is 0.887. The van der Waals surface area contributed by atoms with Crippen LogP contribution in [-0.2, 0) is 12.6 Å². The van der Waals surface area contributed by atoms with Gasteiger partial charge in [0.2, 0.25) is 0 Å². The Morgan fingerprint density at radius 3 is 2.19 bits per heavy atom. The summed E-state index contributed by atoms with van der Waals surface area (Å²) in [4.78, 5) is 0. The number of halogens is 4. The first kappa shape index (κ1) is 15.7. The van der Waals surface area contributed by atoms with Gasteiger partial charge in [-0.05, 0) is 42.3 Å². The van der Waals surface area contributed by atoms with E-state index >= 15 is 0 Å². The molecular weight excluding hydrogens is 305 g/mol. The zero-order valence-corrected chi connectivity index (χ0v) is 11.6. The van der Waals surface area contributed by atoms with Gasteiger partial charge in [-0.3, -0.25) is 0 Å². The van der Waals surface area contributed by atoms with E-state index in [1.165, 1.54) is 6.07 Å². The van der Waals surface area contributed by atoms with Gasteiger partial charge in [0.1, 0.15) is 11.5 Å². The van der Waals surface area contributed by atoms with Crippen LogP contribution in [0.4, 0.5) is 13.2 Å². The number of alkyl halides is 3. The molecule has 0 bridgehead atoms. The Bertz CT molecular complexity index is 609. The molecule has 0 saturated heterocycles. The molecule has 21 heavy (non-hydrogen) atoms. The van der Waals surface area contributed by atoms with E-state index in [1.807, 2.05) is 0 Å². The first-order valence-electron chi connectivity index (χ1n) is 6.14. The highest BCUT2D eigenvalue weighted by Gasteiger charge is 2.33. The topological polar surface area (TPSA) is 29.5 Å². The average Bonchev–Trinajstić information content (AvgIpc) is 2.42. The van der Waals surface area contributed by atoms with E-state index in [-0.39, 0.29) is 17.4 Å². The minimum atomic E-state index is -4.53. The summed E-state index contributed by atoms with van der Waals surface area (Å²) >= 11 is 5.54. The van der Waals surface area contributed by atoms with Crippen molar-refractivity contribution in [1.29, 1.82) is 0 Å². The molecule has 0 unspecified atom stereocenters. The molecule has 0 amide bonds. The SMILES string of the molecule is OCCc1ccc(Oc2ccc(Cl)c(C(F)(F)F)c2)cc1. The molecule has 112 valence electrons. The maximum atomic E-state index is 12.7. The lowest BCUT2D eigenvalue weighted by Crippen LogP contribution is -2.05. The molecule has 2 rings (SSSR count). The van der Waals surface area contributed by atoms with Gasteiger partial charge < -0.3 is 9.84 Å². The van der Waals surface area contributed by atoms with Gasteiger partial charge in [0, 0.05) is 6.61 Å². The molecule has 0 spiro atoms. The van der Waals surface area contributed by atoms with Crippen LogP contribution in [-0.4, -0.2) is 11.7 Å². The fraction of sp³-hybridized carbons (Fsp3) is 0.200. The third-order valence-corrected chi connectivity index (χ3v) is 3.13. The van der Waals surface area contributed by atoms with Crippen molar-refractivity contribution in [2.45, 2.75) is 12.6 Å². The normalized spacial score (nSPS) is 11.5. The molecule has 2 aromatic carbocycles. The number of ether oxygens (including phenoxy) is 1. The van der Waals surface area contributed by atoms with Crippen LogP contribution in [0.25, 0.3) is 0 Å². The van der Waals surface area contributed by atoms with Crippen molar-refractivity contribution >= 4 is 11.6 Å². The standard InChI is InChI=1S/C15H12ClF3O2/c16-14-6-5-12(9-13(14)15(17,18)19)21-11-3-1-10(2-4-11)7-8-20/h1-6,9,20H,7-8H2. The summed E-state index contributed by atoms with van der Waals surface area (Å²) in [6, 6.07) is 10.1. The Hall–Kier alpha value is -1.72. The maximum Gasteiger partial charge on any atom is 0.417 e. The van der Waals surface area contributed by atoms with Crippen LogP contribution in [0.1, 0.15) is 11.1 Å². The largest absolute Gasteiger partial charge is 0.457 e. The molecule has 0 saturated carbocycles. The van der Waals surface area contributed by atoms with Gasteiger partial charge >= 0.3 is 6.18 Å². The molecule has 0 aromatic heterocycles. The first-order valence-corrected chi connectivity index (χ1v) is 6.52. The van der Waals surface area contributed by atoms with E-state index in [0.717, 1.165) is 17.7 Å². The summed E-state index contributed by atoms with van der Waals surface area (Å²) in [5.41, 5.74) is -0.0181. The highest BCUT2D eigenvalue weighted by atomic mass is 35.5. The number of hydrogen-bond acceptors (Lipinski definition) is 2. The highest BCUT2D eigenvalue weighted by Crippen LogP contribution is 2.37. The second-order valence-electron chi connectivity index (χ2n) is 4.36. The summed E-state index contributed by atoms with van der Waals surface area (Å²) in [7, 11) is 0. The van der Waals surface area contributed by atoms with Crippen LogP contribution >= 0.6 is 11.6 Å². The summed E-state index contributed by atoms with van der Waals surface area (Å²) < 4.78 is 43.6. The van der Waals surface area contributed by atoms with Crippen molar-refractivity contribution in [2.24, 2.45) is 0 Å². The lowest BCUT2D eigenvalue weighted by atomic mass is 10.1. The molecule has 0 aliphatic rings. The average molecular weight is 317 g/mol. The summed E-state index contributed by atoms with van der Waals surface area (Å²) in [6.45, 7) is 0.0341. The van der Waals surface area contributed by atoms with E-state index in [0.29, 0.717) is 12.2 Å². The molecule has 0 radical (unpaired) electrons. The van der Waals surface area contributed by atoms with Crippen LogP contribution in [0.15, 0.2) is 42.5 Å². The van der Waals surface area contributed by atoms with Gasteiger partial charge in [0.15, 0.2) is 0 Å². The number of aliphatic hydroxyl groups excluding tert-OH is 1. The van der Waals surface area contributed by atoms with Crippen LogP contribution in [0.3, 0.4) is 0 Å². The number of benzene rings is 2. The number of aliphatic hydroxyl groups is 1. The van der Waals surface area contributed by atoms with Gasteiger partial charge in [0.25, 0.3) is 0 Å². The zero-order valence-electron chi connectivity index (χ0n) is 10.8. The molecule has 2 nitrogen and oxygen atoms in total. The predicted octanol–water partition coefficient (Wildman–Crippen LogP) is 4.69. The third kappa shape index (κ3) is 4.12. The van der Waals surface area contributed by atoms with Crippen molar-refractivity contribution < 1.29 is 23.0 Å². The second-order valence-corrected chi connectivity index (χ2v) is 4.77. The van der Waals surface area contributed by atoms with Crippen LogP contribution in [0, 0.1) is 0 Å². The van der Waals surface area contributed by atoms with Crippen molar-refractivity contribution in [2.75, 3.05) is 6.61 Å². The van der Waals surface area contributed by atoms with Crippen LogP contribution in [0.2, 0.25) is 5.02 Å². The smallest absolute Gasteiger partial charge is 0.417 e. The Morgan fingerprint density at radius 2 is 1.62 bits per heavy atom. The minimum Gasteiger partial charge on any atom is -0.457 e. The molecule has 6 heteroatoms. The van der Waals surface area contributed by atoms with Gasteiger partial charge in [-0.2, -0.15) is 13.2 Å². The van der Waals surface area contributed by atoms with E-state index in [1.54, 1.807) is 24.3 Å². The van der Waals surface area contributed by atoms with E-state index in [2.05, 4.69) is 0 Å². The number of rotatable bonds is 4. The monoisotopic (exact) mass is 316 g/mol. The molecule has 0 heterocycles. The van der Waals surface area contributed by atoms with Crippen LogP contribution < -0.4 is 4.74 Å². The van der Waals surface area contributed by atoms with E-state index in [4.69, 9.17) is 21.4 Å². The lowest BCUT2D eigenvalue weighted by molar-refractivity contribution is -0.137. The highest BCUT2D eigenvalue weighted by molar-refractivity contribution is 6.31. The minimum absolute atomic E-state index is 0.0341. The molecule has 0 atom stereocenters. The van der Waals surface area contributed by atoms with Gasteiger partial charge in [0.05, 0.1) is 10.6 Å². The van der Waals surface area contributed by atoms with E-state index in [9.17, 15) is 13.2 Å². The zero-order chi connectivity index (χ0) is 15.5. The van der Waals surface area contributed by atoms with Gasteiger partial charge in [-0.25, -0.2) is 0 Å². The fourth-order valence-electron chi connectivity index (χ4n) is 1.77. The molecule has 0 aliphatic heterocycles. The Balaban J connectivity index is 2.20.